The van der Waals surface area contributed by atoms with Crippen LogP contribution in [0.4, 0.5) is 0 Å². The van der Waals surface area contributed by atoms with E-state index < -0.39 is 60.4 Å². The summed E-state index contributed by atoms with van der Waals surface area (Å²) in [5.74, 6) is -3.46. The topological polar surface area (TPSA) is 176 Å². The van der Waals surface area contributed by atoms with Crippen molar-refractivity contribution < 1.29 is 33.8 Å². The van der Waals surface area contributed by atoms with Crippen LogP contribution in [-0.2, 0) is 49.7 Å². The van der Waals surface area contributed by atoms with Crippen LogP contribution in [0.5, 0.6) is 5.75 Å². The molecule has 0 spiro atoms. The van der Waals surface area contributed by atoms with Gasteiger partial charge in [0.1, 0.15) is 29.9 Å². The number of pyridine rings is 1. The van der Waals surface area contributed by atoms with Gasteiger partial charge in [0.15, 0.2) is 6.61 Å². The van der Waals surface area contributed by atoms with Gasteiger partial charge in [-0.1, -0.05) is 72.8 Å². The molecule has 12 nitrogen and oxygen atoms in total. The Bertz CT molecular complexity index is 2040. The van der Waals surface area contributed by atoms with Crippen LogP contribution in [0, 0.1) is 0 Å². The van der Waals surface area contributed by atoms with E-state index >= 15 is 0 Å². The van der Waals surface area contributed by atoms with E-state index in [0.29, 0.717) is 16.9 Å². The van der Waals surface area contributed by atoms with E-state index in [1.54, 1.807) is 48.8 Å². The van der Waals surface area contributed by atoms with Crippen LogP contribution in [-0.4, -0.2) is 70.5 Å². The van der Waals surface area contributed by atoms with E-state index in [4.69, 9.17) is 4.74 Å². The number of benzene rings is 3. The lowest BCUT2D eigenvalue weighted by Gasteiger charge is -2.26. The maximum Gasteiger partial charge on any atom is 0.326 e. The Labute approximate surface area is 316 Å². The number of rotatable bonds is 8. The molecule has 3 aromatic carbocycles. The number of aromatic nitrogens is 1. The van der Waals surface area contributed by atoms with E-state index in [1.165, 1.54) is 11.3 Å². The lowest BCUT2D eigenvalue weighted by Crippen LogP contribution is -2.59. The highest BCUT2D eigenvalue weighted by Crippen LogP contribution is 2.21. The van der Waals surface area contributed by atoms with Gasteiger partial charge in [0.25, 0.3) is 5.91 Å². The first kappa shape index (κ1) is 37.4. The number of hydrogen-bond donors (Lipinski definition) is 5. The van der Waals surface area contributed by atoms with Crippen molar-refractivity contribution in [1.29, 1.82) is 0 Å². The highest BCUT2D eigenvalue weighted by Gasteiger charge is 2.32. The molecule has 54 heavy (non-hydrogen) atoms. The molecule has 0 aliphatic carbocycles. The van der Waals surface area contributed by atoms with Crippen LogP contribution in [0.15, 0.2) is 121 Å². The van der Waals surface area contributed by atoms with E-state index in [9.17, 15) is 29.1 Å². The Morgan fingerprint density at radius 3 is 1.87 bits per heavy atom. The predicted octanol–water partition coefficient (Wildman–Crippen LogP) is 3.50. The van der Waals surface area contributed by atoms with Crippen molar-refractivity contribution in [3.8, 4) is 16.9 Å². The summed E-state index contributed by atoms with van der Waals surface area (Å²) in [6.45, 7) is -0.393. The highest BCUT2D eigenvalue weighted by atomic mass is 32.1. The quantitative estimate of drug-likeness (QED) is 0.150. The van der Waals surface area contributed by atoms with E-state index in [1.807, 2.05) is 72.1 Å². The molecule has 13 heteroatoms. The van der Waals surface area contributed by atoms with Gasteiger partial charge in [0.05, 0.1) is 0 Å². The molecular formula is C41H39N5O7S. The molecule has 0 radical (unpaired) electrons. The van der Waals surface area contributed by atoms with Crippen LogP contribution in [0.1, 0.15) is 21.6 Å². The normalized spacial score (nSPS) is 19.9. The van der Waals surface area contributed by atoms with Gasteiger partial charge in [0.2, 0.25) is 17.7 Å². The summed E-state index contributed by atoms with van der Waals surface area (Å²) in [6.07, 6.45) is 3.27. The maximum atomic E-state index is 14.3. The Morgan fingerprint density at radius 2 is 1.26 bits per heavy atom. The van der Waals surface area contributed by atoms with Crippen molar-refractivity contribution in [2.75, 3.05) is 6.61 Å². The number of hydrogen-bond acceptors (Lipinski definition) is 8. The molecule has 4 amide bonds. The second-order valence-corrected chi connectivity index (χ2v) is 13.9. The highest BCUT2D eigenvalue weighted by molar-refractivity contribution is 7.09. The van der Waals surface area contributed by atoms with Crippen LogP contribution < -0.4 is 26.0 Å². The lowest BCUT2D eigenvalue weighted by atomic mass is 9.99. The third-order valence-corrected chi connectivity index (χ3v) is 9.84. The number of aliphatic carboxylic acids is 1. The van der Waals surface area contributed by atoms with E-state index in [2.05, 4.69) is 26.3 Å². The SMILES string of the molecule is O=C1COc2ccc(cc2)C[C@@H](C(=O)O)NC(=O)[C@@H](Cc2ccncc2)NC(=O)[C@H](Cc2ccc(-c3ccccc3)cc2)NC(=O)[C@@H](Cc2cccs2)N1. The molecular weight excluding hydrogens is 707 g/mol. The molecule has 0 saturated carbocycles. The Morgan fingerprint density at radius 1 is 0.667 bits per heavy atom. The Balaban J connectivity index is 1.34. The summed E-state index contributed by atoms with van der Waals surface area (Å²) in [6, 6.07) is 26.1. The number of carboxylic acid groups (broad SMARTS) is 1. The molecule has 276 valence electrons. The van der Waals surface area contributed by atoms with Gasteiger partial charge in [-0.3, -0.25) is 24.2 Å². The summed E-state index contributed by atoms with van der Waals surface area (Å²) in [7, 11) is 0. The van der Waals surface area contributed by atoms with Crippen LogP contribution in [0.25, 0.3) is 11.1 Å². The van der Waals surface area contributed by atoms with Crippen molar-refractivity contribution in [3.05, 3.63) is 142 Å². The van der Waals surface area contributed by atoms with Gasteiger partial charge >= 0.3 is 5.97 Å². The fourth-order valence-electron chi connectivity index (χ4n) is 6.07. The molecule has 2 aliphatic heterocycles. The zero-order chi connectivity index (χ0) is 37.9. The molecule has 4 atom stereocenters. The lowest BCUT2D eigenvalue weighted by molar-refractivity contribution is -0.142. The molecule has 0 unspecified atom stereocenters. The first-order chi connectivity index (χ1) is 26.2. The molecule has 5 N–H and O–H groups in total. The zero-order valence-corrected chi connectivity index (χ0v) is 30.0. The smallest absolute Gasteiger partial charge is 0.326 e. The van der Waals surface area contributed by atoms with Crippen molar-refractivity contribution in [2.24, 2.45) is 0 Å². The summed E-state index contributed by atoms with van der Waals surface area (Å²) in [5.41, 5.74) is 3.97. The van der Waals surface area contributed by atoms with Gasteiger partial charge in [-0.15, -0.1) is 11.3 Å². The average Bonchev–Trinajstić information content (AvgIpc) is 3.70. The number of fused-ring (bicyclic) bond motifs is 16. The predicted molar refractivity (Wildman–Crippen MR) is 203 cm³/mol. The minimum Gasteiger partial charge on any atom is -0.484 e. The summed E-state index contributed by atoms with van der Waals surface area (Å²) in [4.78, 5) is 72.6. The average molecular weight is 746 g/mol. The molecule has 2 bridgehead atoms. The second-order valence-electron chi connectivity index (χ2n) is 12.9. The van der Waals surface area contributed by atoms with Gasteiger partial charge in [-0.2, -0.15) is 0 Å². The monoisotopic (exact) mass is 745 g/mol. The van der Waals surface area contributed by atoms with Gasteiger partial charge < -0.3 is 31.1 Å². The molecule has 2 aliphatic rings. The standard InChI is InChI=1S/C41H39N5O7S/c47-37-25-53-31-14-10-27(11-15-31)23-36(41(51)52)46-39(49)34(22-28-16-18-42-19-17-28)44-38(48)33(45-40(50)35(43-37)24-32-7-4-20-54-32)21-26-8-12-30(13-9-26)29-5-2-1-3-6-29/h1-20,33-36H,21-25H2,(H,43,47)(H,44,48)(H,45,50)(H,46,49)(H,51,52)/t33-,34+,35+,36-/m0/s1. The third kappa shape index (κ3) is 10.4. The van der Waals surface area contributed by atoms with Crippen LogP contribution in [0.2, 0.25) is 0 Å². The summed E-state index contributed by atoms with van der Waals surface area (Å²) < 4.78 is 5.68. The van der Waals surface area contributed by atoms with Crippen molar-refractivity contribution >= 4 is 40.9 Å². The number of thiophene rings is 1. The Kier molecular flexibility index (Phi) is 12.4. The third-order valence-electron chi connectivity index (χ3n) is 8.94. The number of carboxylic acids is 1. The molecule has 7 rings (SSSR count). The molecule has 5 aromatic rings. The fraction of sp³-hybridized carbons (Fsp3) is 0.220. The van der Waals surface area contributed by atoms with Gasteiger partial charge in [-0.05, 0) is 63.5 Å². The number of ether oxygens (including phenoxy) is 1. The number of amides is 4. The minimum absolute atomic E-state index is 0.0158. The van der Waals surface area contributed by atoms with Crippen LogP contribution in [0.3, 0.4) is 0 Å². The fourth-order valence-corrected chi connectivity index (χ4v) is 6.82. The van der Waals surface area contributed by atoms with Crippen LogP contribution >= 0.6 is 11.3 Å². The molecule has 4 heterocycles. The molecule has 2 aromatic heterocycles. The number of carbonyl (C=O) groups is 5. The van der Waals surface area contributed by atoms with Gasteiger partial charge in [0, 0.05) is 43.0 Å². The summed E-state index contributed by atoms with van der Waals surface area (Å²) in [5, 5.41) is 22.9. The maximum absolute atomic E-state index is 14.3. The Hall–Kier alpha value is -6.34. The molecule has 0 saturated heterocycles. The van der Waals surface area contributed by atoms with Crippen molar-refractivity contribution in [3.63, 3.8) is 0 Å². The zero-order valence-electron chi connectivity index (χ0n) is 29.1. The van der Waals surface area contributed by atoms with Crippen molar-refractivity contribution in [2.45, 2.75) is 49.9 Å². The largest absolute Gasteiger partial charge is 0.484 e. The molecule has 0 fully saturated rings. The van der Waals surface area contributed by atoms with Crippen molar-refractivity contribution in [1.82, 2.24) is 26.3 Å². The number of nitrogens with zero attached hydrogens (tertiary/aromatic N) is 1. The number of nitrogens with one attached hydrogen (secondary N) is 4. The first-order valence-corrected chi connectivity index (χ1v) is 18.3. The van der Waals surface area contributed by atoms with Gasteiger partial charge in [-0.25, -0.2) is 4.79 Å². The minimum atomic E-state index is -1.33. The van der Waals surface area contributed by atoms with E-state index in [0.717, 1.165) is 21.6 Å². The number of carbonyl (C=O) groups excluding carboxylic acids is 4. The summed E-state index contributed by atoms with van der Waals surface area (Å²) >= 11 is 1.43. The second kappa shape index (κ2) is 17.9. The first-order valence-electron chi connectivity index (χ1n) is 17.4. The van der Waals surface area contributed by atoms with E-state index in [-0.39, 0.29) is 25.7 Å².